The van der Waals surface area contributed by atoms with Gasteiger partial charge < -0.3 is 39.9 Å². The summed E-state index contributed by atoms with van der Waals surface area (Å²) in [5.41, 5.74) is 6.07. The van der Waals surface area contributed by atoms with Gasteiger partial charge in [0.2, 0.25) is 11.8 Å². The summed E-state index contributed by atoms with van der Waals surface area (Å²) >= 11 is 0. The fourth-order valence-electron chi connectivity index (χ4n) is 9.97. The number of amides is 4. The second kappa shape index (κ2) is 14.2. The van der Waals surface area contributed by atoms with E-state index in [4.69, 9.17) is 24.4 Å². The van der Waals surface area contributed by atoms with Gasteiger partial charge in [-0.3, -0.25) is 9.59 Å². The Kier molecular flexibility index (Phi) is 8.99. The maximum absolute atomic E-state index is 13.9. The third-order valence-corrected chi connectivity index (χ3v) is 13.3. The quantitative estimate of drug-likeness (QED) is 0.125. The summed E-state index contributed by atoms with van der Waals surface area (Å²) in [4.78, 5) is 78.1. The number of ether oxygens (including phenoxy) is 2. The van der Waals surface area contributed by atoms with E-state index in [1.54, 1.807) is 0 Å². The molecule has 4 amide bonds. The van der Waals surface area contributed by atoms with Crippen LogP contribution >= 0.6 is 0 Å². The van der Waals surface area contributed by atoms with Crippen LogP contribution in [0.25, 0.3) is 55.0 Å². The van der Waals surface area contributed by atoms with E-state index >= 15 is 0 Å². The van der Waals surface area contributed by atoms with Crippen molar-refractivity contribution in [2.45, 2.75) is 64.7 Å². The molecule has 3 aromatic heterocycles. The van der Waals surface area contributed by atoms with Crippen LogP contribution in [0.3, 0.4) is 0 Å². The van der Waals surface area contributed by atoms with E-state index < -0.39 is 24.3 Å². The topological polar surface area (TPSA) is 188 Å². The molecule has 15 nitrogen and oxygen atoms in total. The molecule has 310 valence electrons. The van der Waals surface area contributed by atoms with Gasteiger partial charge in [0.25, 0.3) is 0 Å². The summed E-state index contributed by atoms with van der Waals surface area (Å²) in [5.74, 6) is 2.56. The smallest absolute Gasteiger partial charge is 0.407 e. The lowest BCUT2D eigenvalue weighted by molar-refractivity contribution is -0.137. The number of aromatic nitrogens is 5. The second-order valence-electron chi connectivity index (χ2n) is 17.8. The summed E-state index contributed by atoms with van der Waals surface area (Å²) in [6, 6.07) is 16.7. The molecule has 4 N–H and O–H groups in total. The van der Waals surface area contributed by atoms with Crippen molar-refractivity contribution in [3.63, 3.8) is 0 Å². The Hall–Kier alpha value is -6.25. The molecule has 8 atom stereocenters. The predicted molar refractivity (Wildman–Crippen MR) is 224 cm³/mol. The van der Waals surface area contributed by atoms with E-state index in [2.05, 4.69) is 50.9 Å². The minimum atomic E-state index is -0.698. The number of nitrogens with one attached hydrogen (secondary N) is 4. The van der Waals surface area contributed by atoms with E-state index in [0.717, 1.165) is 79.5 Å². The largest absolute Gasteiger partial charge is 0.453 e. The van der Waals surface area contributed by atoms with Gasteiger partial charge in [0.05, 0.1) is 59.6 Å². The van der Waals surface area contributed by atoms with Crippen molar-refractivity contribution in [1.82, 2.24) is 45.4 Å². The molecule has 4 fully saturated rings. The Balaban J connectivity index is 0.923. The number of fused-ring (bicyclic) bond motifs is 8. The number of imidazole rings is 2. The standard InChI is InChI=1S/C45H49N9O6/c1-20(2)34(51-44(57)59-5)42(55)53-18-24-16-28(24)38(53)40-47-32-11-8-22-15-23(7-9-26(22)36(32)49-40)30-12-10-27-31(46-30)13-14-33-37(27)50-41(48-33)39-29-17-25(29)19-54(39)43(56)35(21(3)4)52-45(58)60-6/h7-15,20-21,24-25,28-29,34-35,38-39H,16-19H2,1-6H3,(H,47,49)(H,48,50)(H,51,57)(H,52,58)/t24?,25?,28?,29?,34-,35-,38?,39?/m0/s1. The van der Waals surface area contributed by atoms with E-state index in [9.17, 15) is 19.2 Å². The Morgan fingerprint density at radius 3 is 1.68 bits per heavy atom. The number of piperidine rings is 2. The van der Waals surface area contributed by atoms with Crippen molar-refractivity contribution in [2.75, 3.05) is 27.3 Å². The number of aromatic amines is 2. The summed E-state index contributed by atoms with van der Waals surface area (Å²) in [6.45, 7) is 8.96. The van der Waals surface area contributed by atoms with Gasteiger partial charge in [-0.15, -0.1) is 0 Å². The molecule has 2 aliphatic heterocycles. The van der Waals surface area contributed by atoms with Crippen LogP contribution in [0.4, 0.5) is 9.59 Å². The van der Waals surface area contributed by atoms with Crippen LogP contribution < -0.4 is 10.6 Å². The van der Waals surface area contributed by atoms with E-state index in [1.165, 1.54) is 14.2 Å². The van der Waals surface area contributed by atoms with Gasteiger partial charge in [-0.05, 0) is 90.1 Å². The lowest BCUT2D eigenvalue weighted by atomic mass is 10.0. The molecular formula is C45H49N9O6. The molecule has 2 saturated carbocycles. The van der Waals surface area contributed by atoms with Crippen molar-refractivity contribution in [3.8, 4) is 11.3 Å². The first-order valence-electron chi connectivity index (χ1n) is 20.9. The van der Waals surface area contributed by atoms with Crippen LogP contribution in [0.1, 0.15) is 64.3 Å². The maximum atomic E-state index is 13.9. The monoisotopic (exact) mass is 811 g/mol. The van der Waals surface area contributed by atoms with Gasteiger partial charge >= 0.3 is 12.2 Å². The average Bonchev–Trinajstić information content (AvgIpc) is 3.90. The van der Waals surface area contributed by atoms with Crippen LogP contribution in [0.2, 0.25) is 0 Å². The first kappa shape index (κ1) is 38.0. The second-order valence-corrected chi connectivity index (χ2v) is 17.8. The molecule has 15 heteroatoms. The van der Waals surface area contributed by atoms with Gasteiger partial charge in [-0.2, -0.15) is 0 Å². The number of nitrogens with zero attached hydrogens (tertiary/aromatic N) is 5. The Labute approximate surface area is 346 Å². The molecule has 2 aliphatic carbocycles. The summed E-state index contributed by atoms with van der Waals surface area (Å²) < 4.78 is 9.64. The number of likely N-dealkylation sites (tertiary alicyclic amines) is 2. The number of benzene rings is 3. The lowest BCUT2D eigenvalue weighted by Crippen LogP contribution is -2.51. The number of methoxy groups -OCH3 is 2. The first-order chi connectivity index (χ1) is 28.9. The van der Waals surface area contributed by atoms with Crippen molar-refractivity contribution in [2.24, 2.45) is 35.5 Å². The SMILES string of the molecule is COC(=O)N[C@H](C(=O)N1CC2CC2C1c1nc2ccc3cc(-c4ccc5c(ccc6nc(C7C8CC8CN7C(=O)[C@@H](NC(=O)OC)C(C)C)[nH]c65)n4)ccc3c2[nH]1)C(C)C. The summed E-state index contributed by atoms with van der Waals surface area (Å²) in [5, 5.41) is 8.49. The van der Waals surface area contributed by atoms with Gasteiger partial charge in [-0.25, -0.2) is 24.5 Å². The minimum Gasteiger partial charge on any atom is -0.453 e. The lowest BCUT2D eigenvalue weighted by Gasteiger charge is -2.31. The van der Waals surface area contributed by atoms with Crippen LogP contribution in [-0.4, -0.2) is 98.1 Å². The highest BCUT2D eigenvalue weighted by molar-refractivity contribution is 6.06. The average molecular weight is 812 g/mol. The zero-order chi connectivity index (χ0) is 41.7. The number of alkyl carbamates (subject to hydrolysis) is 2. The third-order valence-electron chi connectivity index (χ3n) is 13.3. The van der Waals surface area contributed by atoms with Gasteiger partial charge in [0.1, 0.15) is 23.7 Å². The van der Waals surface area contributed by atoms with Crippen molar-refractivity contribution in [3.05, 3.63) is 66.2 Å². The van der Waals surface area contributed by atoms with Crippen LogP contribution in [0.5, 0.6) is 0 Å². The fraction of sp³-hybridized carbons (Fsp3) is 0.444. The normalized spacial score (nSPS) is 23.9. The van der Waals surface area contributed by atoms with Crippen molar-refractivity contribution < 1.29 is 28.7 Å². The van der Waals surface area contributed by atoms with E-state index in [0.29, 0.717) is 36.8 Å². The molecule has 0 bridgehead atoms. The molecule has 6 aromatic rings. The molecule has 60 heavy (non-hydrogen) atoms. The first-order valence-corrected chi connectivity index (χ1v) is 20.9. The van der Waals surface area contributed by atoms with Gasteiger partial charge in [0.15, 0.2) is 0 Å². The van der Waals surface area contributed by atoms with Gasteiger partial charge in [-0.1, -0.05) is 45.9 Å². The fourth-order valence-corrected chi connectivity index (χ4v) is 9.97. The minimum absolute atomic E-state index is 0.112. The maximum Gasteiger partial charge on any atom is 0.407 e. The van der Waals surface area contributed by atoms with Crippen LogP contribution in [-0.2, 0) is 19.1 Å². The van der Waals surface area contributed by atoms with Gasteiger partial charge in [0, 0.05) is 29.4 Å². The number of carbonyl (C=O) groups is 4. The zero-order valence-corrected chi connectivity index (χ0v) is 34.5. The Morgan fingerprint density at radius 1 is 0.650 bits per heavy atom. The Morgan fingerprint density at radius 2 is 1.15 bits per heavy atom. The third kappa shape index (κ3) is 6.27. The highest BCUT2D eigenvalue weighted by atomic mass is 16.5. The highest BCUT2D eigenvalue weighted by Crippen LogP contribution is 2.57. The number of carbonyl (C=O) groups excluding carboxylic acids is 4. The van der Waals surface area contributed by atoms with Crippen LogP contribution in [0.15, 0.2) is 54.6 Å². The zero-order valence-electron chi connectivity index (χ0n) is 34.5. The molecule has 6 unspecified atom stereocenters. The van der Waals surface area contributed by atoms with Crippen molar-refractivity contribution >= 4 is 67.7 Å². The van der Waals surface area contributed by atoms with Crippen LogP contribution in [0, 0.1) is 35.5 Å². The summed E-state index contributed by atoms with van der Waals surface area (Å²) in [6.07, 6.45) is 0.858. The highest BCUT2D eigenvalue weighted by Gasteiger charge is 2.57. The predicted octanol–water partition coefficient (Wildman–Crippen LogP) is 6.61. The number of hydrogen-bond donors (Lipinski definition) is 4. The molecule has 4 aliphatic rings. The molecule has 5 heterocycles. The Bertz CT molecular complexity index is 2560. The molecule has 10 rings (SSSR count). The number of pyridine rings is 1. The van der Waals surface area contributed by atoms with E-state index in [1.807, 2.05) is 61.8 Å². The number of rotatable bonds is 9. The molecule has 0 radical (unpaired) electrons. The van der Waals surface area contributed by atoms with Crippen molar-refractivity contribution in [1.29, 1.82) is 0 Å². The molecule has 2 saturated heterocycles. The summed E-state index contributed by atoms with van der Waals surface area (Å²) in [7, 11) is 2.60. The number of H-pyrrole nitrogens is 2. The molecule has 0 spiro atoms. The molecule has 3 aromatic carbocycles. The molecular weight excluding hydrogens is 763 g/mol. The number of hydrogen-bond acceptors (Lipinski definition) is 9. The van der Waals surface area contributed by atoms with E-state index in [-0.39, 0.29) is 35.7 Å².